The monoisotopic (exact) mass is 227 g/mol. The molecule has 0 aliphatic heterocycles. The highest BCUT2D eigenvalue weighted by molar-refractivity contribution is 5.70. The zero-order chi connectivity index (χ0) is 12.2. The maximum atomic E-state index is 11.6. The molecule has 1 unspecified atom stereocenters. The van der Waals surface area contributed by atoms with E-state index in [9.17, 15) is 4.79 Å². The van der Waals surface area contributed by atoms with Gasteiger partial charge in [-0.05, 0) is 24.2 Å². The van der Waals surface area contributed by atoms with Crippen LogP contribution in [-0.2, 0) is 9.53 Å². The quantitative estimate of drug-likeness (QED) is 0.751. The van der Waals surface area contributed by atoms with Crippen LogP contribution in [0.15, 0.2) is 0 Å². The molecule has 1 saturated carbocycles. The average Bonchev–Trinajstić information content (AvgIpc) is 2.65. The van der Waals surface area contributed by atoms with E-state index < -0.39 is 0 Å². The Morgan fingerprint density at radius 1 is 1.38 bits per heavy atom. The lowest BCUT2D eigenvalue weighted by Gasteiger charge is -2.26. The summed E-state index contributed by atoms with van der Waals surface area (Å²) in [5.74, 6) is 0.448. The van der Waals surface area contributed by atoms with Crippen molar-refractivity contribution in [1.82, 2.24) is 0 Å². The van der Waals surface area contributed by atoms with Crippen LogP contribution in [0.3, 0.4) is 0 Å². The Labute approximate surface area is 98.7 Å². The van der Waals surface area contributed by atoms with E-state index in [2.05, 4.69) is 0 Å². The van der Waals surface area contributed by atoms with Crippen LogP contribution in [0.25, 0.3) is 0 Å². The first-order chi connectivity index (χ1) is 7.39. The van der Waals surface area contributed by atoms with Gasteiger partial charge in [-0.15, -0.1) is 0 Å². The molecule has 0 aromatic heterocycles. The Hall–Kier alpha value is -0.570. The Morgan fingerprint density at radius 2 is 1.94 bits per heavy atom. The van der Waals surface area contributed by atoms with Crippen LogP contribution in [0.5, 0.6) is 0 Å². The summed E-state index contributed by atoms with van der Waals surface area (Å²) < 4.78 is 5.27. The fourth-order valence-electron chi connectivity index (χ4n) is 1.93. The molecule has 16 heavy (non-hydrogen) atoms. The van der Waals surface area contributed by atoms with Crippen LogP contribution >= 0.6 is 0 Å². The summed E-state index contributed by atoms with van der Waals surface area (Å²) in [5.41, 5.74) is 5.90. The van der Waals surface area contributed by atoms with Gasteiger partial charge in [0.2, 0.25) is 0 Å². The molecule has 1 atom stereocenters. The maximum absolute atomic E-state index is 11.6. The standard InChI is InChI=1S/C13H25NO2/c1-13(2,3)11(14)8-12(15)16-9-10-6-4-5-7-10/h10-11H,4-9,14H2,1-3H3. The van der Waals surface area contributed by atoms with Crippen LogP contribution in [0, 0.1) is 11.3 Å². The van der Waals surface area contributed by atoms with E-state index in [0.717, 1.165) is 0 Å². The lowest BCUT2D eigenvalue weighted by atomic mass is 9.85. The number of hydrogen-bond donors (Lipinski definition) is 1. The molecule has 0 amide bonds. The molecule has 3 nitrogen and oxygen atoms in total. The lowest BCUT2D eigenvalue weighted by Crippen LogP contribution is -2.37. The molecule has 0 heterocycles. The van der Waals surface area contributed by atoms with Gasteiger partial charge in [0.1, 0.15) is 0 Å². The van der Waals surface area contributed by atoms with Gasteiger partial charge in [0.15, 0.2) is 0 Å². The number of hydrogen-bond acceptors (Lipinski definition) is 3. The fourth-order valence-corrected chi connectivity index (χ4v) is 1.93. The van der Waals surface area contributed by atoms with Gasteiger partial charge < -0.3 is 10.5 Å². The zero-order valence-corrected chi connectivity index (χ0v) is 10.8. The second-order valence-corrected chi connectivity index (χ2v) is 6.01. The van der Waals surface area contributed by atoms with E-state index in [0.29, 0.717) is 18.9 Å². The van der Waals surface area contributed by atoms with Crippen molar-refractivity contribution >= 4 is 5.97 Å². The van der Waals surface area contributed by atoms with Crippen molar-refractivity contribution in [3.05, 3.63) is 0 Å². The second-order valence-electron chi connectivity index (χ2n) is 6.01. The molecule has 1 aliphatic carbocycles. The Kier molecular flexibility index (Phi) is 4.78. The minimum atomic E-state index is -0.144. The number of rotatable bonds is 4. The molecular weight excluding hydrogens is 202 g/mol. The first-order valence-corrected chi connectivity index (χ1v) is 6.31. The third-order valence-electron chi connectivity index (χ3n) is 3.45. The van der Waals surface area contributed by atoms with E-state index in [-0.39, 0.29) is 17.4 Å². The Bertz CT molecular complexity index is 227. The molecule has 0 saturated heterocycles. The maximum Gasteiger partial charge on any atom is 0.307 e. The molecular formula is C13H25NO2. The highest BCUT2D eigenvalue weighted by Crippen LogP contribution is 2.25. The number of esters is 1. The summed E-state index contributed by atoms with van der Waals surface area (Å²) in [7, 11) is 0. The number of nitrogens with two attached hydrogens (primary N) is 1. The first kappa shape index (κ1) is 13.5. The largest absolute Gasteiger partial charge is 0.465 e. The Balaban J connectivity index is 2.20. The first-order valence-electron chi connectivity index (χ1n) is 6.31. The minimum absolute atomic E-state index is 0.0353. The van der Waals surface area contributed by atoms with Crippen molar-refractivity contribution < 1.29 is 9.53 Å². The predicted molar refractivity (Wildman–Crippen MR) is 65.0 cm³/mol. The summed E-state index contributed by atoms with van der Waals surface area (Å²) in [6.07, 6.45) is 5.31. The van der Waals surface area contributed by atoms with Crippen molar-refractivity contribution in [1.29, 1.82) is 0 Å². The highest BCUT2D eigenvalue weighted by atomic mass is 16.5. The van der Waals surface area contributed by atoms with Gasteiger partial charge in [0.05, 0.1) is 13.0 Å². The van der Waals surface area contributed by atoms with Gasteiger partial charge in [0, 0.05) is 6.04 Å². The third kappa shape index (κ3) is 4.52. The van der Waals surface area contributed by atoms with Crippen molar-refractivity contribution in [2.75, 3.05) is 6.61 Å². The molecule has 94 valence electrons. The summed E-state index contributed by atoms with van der Waals surface area (Å²) in [5, 5.41) is 0. The molecule has 1 rings (SSSR count). The van der Waals surface area contributed by atoms with Gasteiger partial charge in [-0.3, -0.25) is 4.79 Å². The molecule has 3 heteroatoms. The SMILES string of the molecule is CC(C)(C)C(N)CC(=O)OCC1CCCC1. The van der Waals surface area contributed by atoms with E-state index in [1.165, 1.54) is 25.7 Å². The van der Waals surface area contributed by atoms with Crippen molar-refractivity contribution in [2.24, 2.45) is 17.1 Å². The fraction of sp³-hybridized carbons (Fsp3) is 0.923. The van der Waals surface area contributed by atoms with E-state index in [1.807, 2.05) is 20.8 Å². The average molecular weight is 227 g/mol. The molecule has 1 fully saturated rings. The van der Waals surface area contributed by atoms with Gasteiger partial charge in [-0.25, -0.2) is 0 Å². The number of carbonyl (C=O) groups excluding carboxylic acids is 1. The van der Waals surface area contributed by atoms with Gasteiger partial charge >= 0.3 is 5.97 Å². The second kappa shape index (κ2) is 5.67. The summed E-state index contributed by atoms with van der Waals surface area (Å²) in [4.78, 5) is 11.6. The van der Waals surface area contributed by atoms with Crippen molar-refractivity contribution in [3.8, 4) is 0 Å². The summed E-state index contributed by atoms with van der Waals surface area (Å²) in [6.45, 7) is 6.72. The highest BCUT2D eigenvalue weighted by Gasteiger charge is 2.24. The molecule has 0 bridgehead atoms. The van der Waals surface area contributed by atoms with Crippen LogP contribution < -0.4 is 5.73 Å². The van der Waals surface area contributed by atoms with Gasteiger partial charge in [-0.2, -0.15) is 0 Å². The normalized spacial score (nSPS) is 19.8. The zero-order valence-electron chi connectivity index (χ0n) is 10.8. The summed E-state index contributed by atoms with van der Waals surface area (Å²) in [6, 6.07) is -0.122. The van der Waals surface area contributed by atoms with Crippen LogP contribution in [-0.4, -0.2) is 18.6 Å². The van der Waals surface area contributed by atoms with Crippen LogP contribution in [0.4, 0.5) is 0 Å². The van der Waals surface area contributed by atoms with Crippen LogP contribution in [0.2, 0.25) is 0 Å². The molecule has 0 spiro atoms. The molecule has 1 aliphatic rings. The number of ether oxygens (including phenoxy) is 1. The predicted octanol–water partition coefficient (Wildman–Crippen LogP) is 2.48. The minimum Gasteiger partial charge on any atom is -0.465 e. The van der Waals surface area contributed by atoms with Crippen molar-refractivity contribution in [3.63, 3.8) is 0 Å². The molecule has 0 radical (unpaired) electrons. The Morgan fingerprint density at radius 3 is 2.44 bits per heavy atom. The third-order valence-corrected chi connectivity index (χ3v) is 3.45. The van der Waals surface area contributed by atoms with Gasteiger partial charge in [0.25, 0.3) is 0 Å². The smallest absolute Gasteiger partial charge is 0.307 e. The molecule has 2 N–H and O–H groups in total. The molecule has 0 aromatic rings. The molecule has 0 aromatic carbocycles. The van der Waals surface area contributed by atoms with E-state index in [1.54, 1.807) is 0 Å². The van der Waals surface area contributed by atoms with Gasteiger partial charge in [-0.1, -0.05) is 33.6 Å². The number of carbonyl (C=O) groups is 1. The lowest BCUT2D eigenvalue weighted by molar-refractivity contribution is -0.146. The van der Waals surface area contributed by atoms with E-state index in [4.69, 9.17) is 10.5 Å². The van der Waals surface area contributed by atoms with Crippen molar-refractivity contribution in [2.45, 2.75) is 58.9 Å². The van der Waals surface area contributed by atoms with Crippen LogP contribution in [0.1, 0.15) is 52.9 Å². The summed E-state index contributed by atoms with van der Waals surface area (Å²) >= 11 is 0. The topological polar surface area (TPSA) is 52.3 Å². The van der Waals surface area contributed by atoms with E-state index >= 15 is 0 Å².